The van der Waals surface area contributed by atoms with Crippen molar-refractivity contribution < 1.29 is 28.8 Å². The van der Waals surface area contributed by atoms with Crippen molar-refractivity contribution in [2.24, 2.45) is 16.5 Å². The first-order valence-corrected chi connectivity index (χ1v) is 12.2. The molecule has 1 aromatic carbocycles. The number of methoxy groups -OCH3 is 1. The summed E-state index contributed by atoms with van der Waals surface area (Å²) in [5, 5.41) is 19.1. The van der Waals surface area contributed by atoms with Gasteiger partial charge in [0.1, 0.15) is 23.9 Å². The van der Waals surface area contributed by atoms with E-state index in [2.05, 4.69) is 20.9 Å². The predicted molar refractivity (Wildman–Crippen MR) is 136 cm³/mol. The van der Waals surface area contributed by atoms with Crippen LogP contribution in [-0.4, -0.2) is 77.7 Å². The number of guanidine groups is 1. The van der Waals surface area contributed by atoms with Gasteiger partial charge in [-0.2, -0.15) is 0 Å². The fourth-order valence-electron chi connectivity index (χ4n) is 4.46. The number of carbonyl (C=O) groups is 4. The number of hydrogen-bond acceptors (Lipinski definition) is 8. The first-order valence-electron chi connectivity index (χ1n) is 12.2. The lowest BCUT2D eigenvalue weighted by Crippen LogP contribution is -2.54. The number of anilines is 1. The van der Waals surface area contributed by atoms with Crippen LogP contribution in [0, 0.1) is 10.1 Å². The van der Waals surface area contributed by atoms with E-state index >= 15 is 0 Å². The van der Waals surface area contributed by atoms with Crippen molar-refractivity contribution in [3.63, 3.8) is 0 Å². The maximum Gasteiger partial charge on any atom is 0.273 e. The molecule has 206 valence electrons. The molecule has 1 aromatic rings. The summed E-state index contributed by atoms with van der Waals surface area (Å²) in [4.78, 5) is 66.8. The van der Waals surface area contributed by atoms with Crippen molar-refractivity contribution in [3.05, 3.63) is 28.3 Å². The highest BCUT2D eigenvalue weighted by atomic mass is 16.6. The van der Waals surface area contributed by atoms with E-state index in [1.54, 1.807) is 0 Å². The van der Waals surface area contributed by atoms with Crippen molar-refractivity contribution in [2.75, 3.05) is 25.5 Å². The number of non-ortho nitro benzene ring substituents is 1. The second-order valence-electron chi connectivity index (χ2n) is 8.99. The third-order valence-electron chi connectivity index (χ3n) is 6.36. The second kappa shape index (κ2) is 12.7. The Labute approximate surface area is 218 Å². The van der Waals surface area contributed by atoms with Crippen LogP contribution in [0.4, 0.5) is 11.4 Å². The van der Waals surface area contributed by atoms with Crippen molar-refractivity contribution in [1.29, 1.82) is 0 Å². The molecule has 38 heavy (non-hydrogen) atoms. The second-order valence-corrected chi connectivity index (χ2v) is 8.99. The molecule has 2 aliphatic rings. The van der Waals surface area contributed by atoms with Gasteiger partial charge < -0.3 is 37.1 Å². The lowest BCUT2D eigenvalue weighted by molar-refractivity contribution is -0.384. The van der Waals surface area contributed by atoms with Crippen molar-refractivity contribution in [2.45, 2.75) is 56.7 Å². The molecule has 15 nitrogen and oxygen atoms in total. The Hall–Kier alpha value is -4.43. The fourth-order valence-corrected chi connectivity index (χ4v) is 4.46. The zero-order chi connectivity index (χ0) is 27.8. The number of nitrogens with one attached hydrogen (secondary N) is 3. The van der Waals surface area contributed by atoms with Crippen LogP contribution in [0.25, 0.3) is 0 Å². The third-order valence-corrected chi connectivity index (χ3v) is 6.36. The number of ether oxygens (including phenoxy) is 1. The molecule has 4 amide bonds. The number of benzene rings is 1. The predicted octanol–water partition coefficient (Wildman–Crippen LogP) is -0.650. The Morgan fingerprint density at radius 3 is 2.71 bits per heavy atom. The van der Waals surface area contributed by atoms with Crippen LogP contribution in [0.2, 0.25) is 0 Å². The summed E-state index contributed by atoms with van der Waals surface area (Å²) < 4.78 is 5.17. The molecule has 3 rings (SSSR count). The number of aliphatic imine (C=N–C) groups is 1. The van der Waals surface area contributed by atoms with E-state index in [0.717, 1.165) is 0 Å². The Morgan fingerprint density at radius 2 is 2.08 bits per heavy atom. The van der Waals surface area contributed by atoms with Crippen LogP contribution in [0.15, 0.2) is 23.2 Å². The number of nitro benzene ring substituents is 1. The van der Waals surface area contributed by atoms with E-state index in [-0.39, 0.29) is 54.3 Å². The summed E-state index contributed by atoms with van der Waals surface area (Å²) >= 11 is 0. The van der Waals surface area contributed by atoms with Gasteiger partial charge in [0.2, 0.25) is 23.6 Å². The first kappa shape index (κ1) is 28.1. The van der Waals surface area contributed by atoms with E-state index in [9.17, 15) is 29.3 Å². The number of carbonyl (C=O) groups excluding carboxylic acids is 4. The van der Waals surface area contributed by atoms with Crippen molar-refractivity contribution in [3.8, 4) is 5.75 Å². The molecule has 0 aromatic heterocycles. The number of nitrogens with two attached hydrogens (primary N) is 2. The molecule has 0 aliphatic carbocycles. The van der Waals surface area contributed by atoms with Crippen molar-refractivity contribution >= 4 is 41.0 Å². The summed E-state index contributed by atoms with van der Waals surface area (Å²) in [6.45, 7) is 0.586. The highest BCUT2D eigenvalue weighted by Gasteiger charge is 2.40. The summed E-state index contributed by atoms with van der Waals surface area (Å²) in [5.74, 6) is -1.65. The van der Waals surface area contributed by atoms with Gasteiger partial charge in [0.25, 0.3) is 5.69 Å². The molecular formula is C23H32N8O7. The quantitative estimate of drug-likeness (QED) is 0.0801. The summed E-state index contributed by atoms with van der Waals surface area (Å²) in [6, 6.07) is 1.24. The molecule has 2 heterocycles. The highest BCUT2D eigenvalue weighted by molar-refractivity contribution is 6.00. The van der Waals surface area contributed by atoms with Crippen LogP contribution in [0.1, 0.15) is 38.5 Å². The first-order chi connectivity index (χ1) is 18.1. The van der Waals surface area contributed by atoms with Gasteiger partial charge in [-0.25, -0.2) is 0 Å². The van der Waals surface area contributed by atoms with Gasteiger partial charge in [0, 0.05) is 25.6 Å². The van der Waals surface area contributed by atoms with Crippen LogP contribution in [-0.2, 0) is 19.2 Å². The van der Waals surface area contributed by atoms with E-state index in [4.69, 9.17) is 16.2 Å². The highest BCUT2D eigenvalue weighted by Crippen LogP contribution is 2.29. The summed E-state index contributed by atoms with van der Waals surface area (Å²) in [6.07, 6.45) is 2.17. The monoisotopic (exact) mass is 532 g/mol. The third kappa shape index (κ3) is 7.08. The lowest BCUT2D eigenvalue weighted by atomic mass is 10.1. The number of hydrogen-bond donors (Lipinski definition) is 5. The zero-order valence-electron chi connectivity index (χ0n) is 21.0. The smallest absolute Gasteiger partial charge is 0.273 e. The van der Waals surface area contributed by atoms with E-state index in [0.29, 0.717) is 32.2 Å². The largest absolute Gasteiger partial charge is 0.494 e. The van der Waals surface area contributed by atoms with Crippen LogP contribution >= 0.6 is 0 Å². The maximum absolute atomic E-state index is 13.3. The number of nitro groups is 1. The number of rotatable bonds is 11. The van der Waals surface area contributed by atoms with E-state index in [1.807, 2.05) is 0 Å². The van der Waals surface area contributed by atoms with Crippen molar-refractivity contribution in [1.82, 2.24) is 15.5 Å². The van der Waals surface area contributed by atoms with Gasteiger partial charge in [-0.15, -0.1) is 0 Å². The molecular weight excluding hydrogens is 500 g/mol. The molecule has 15 heteroatoms. The topological polar surface area (TPSA) is 224 Å². The number of amides is 4. The zero-order valence-corrected chi connectivity index (χ0v) is 21.0. The van der Waals surface area contributed by atoms with E-state index < -0.39 is 34.9 Å². The van der Waals surface area contributed by atoms with Gasteiger partial charge in [-0.1, -0.05) is 0 Å². The lowest BCUT2D eigenvalue weighted by Gasteiger charge is -2.28. The average molecular weight is 533 g/mol. The van der Waals surface area contributed by atoms with Gasteiger partial charge >= 0.3 is 0 Å². The van der Waals surface area contributed by atoms with E-state index in [1.165, 1.54) is 30.2 Å². The molecule has 7 N–H and O–H groups in total. The molecule has 2 saturated heterocycles. The normalized spacial score (nSPS) is 19.3. The molecule has 0 spiro atoms. The minimum atomic E-state index is -1.03. The average Bonchev–Trinajstić information content (AvgIpc) is 3.54. The van der Waals surface area contributed by atoms with Gasteiger partial charge in [0.05, 0.1) is 23.8 Å². The van der Waals surface area contributed by atoms with Gasteiger partial charge in [-0.3, -0.25) is 34.3 Å². The minimum Gasteiger partial charge on any atom is -0.494 e. The Kier molecular flexibility index (Phi) is 9.40. The molecule has 2 fully saturated rings. The van der Waals surface area contributed by atoms with Gasteiger partial charge in [0.15, 0.2) is 5.96 Å². The molecule has 3 atom stereocenters. The van der Waals surface area contributed by atoms with Crippen LogP contribution in [0.5, 0.6) is 5.75 Å². The minimum absolute atomic E-state index is 0.0734. The van der Waals surface area contributed by atoms with Gasteiger partial charge in [-0.05, 0) is 38.2 Å². The molecule has 0 bridgehead atoms. The Balaban J connectivity index is 1.73. The molecule has 0 unspecified atom stereocenters. The van der Waals surface area contributed by atoms with Crippen LogP contribution < -0.4 is 32.2 Å². The molecule has 0 saturated carbocycles. The maximum atomic E-state index is 13.3. The Morgan fingerprint density at radius 1 is 1.32 bits per heavy atom. The fraction of sp³-hybridized carbons (Fsp3) is 0.522. The molecule has 2 aliphatic heterocycles. The van der Waals surface area contributed by atoms with Crippen LogP contribution in [0.3, 0.4) is 0 Å². The Bertz CT molecular complexity index is 1120. The number of likely N-dealkylation sites (tertiary alicyclic amines) is 1. The SMILES string of the molecule is COc1cc([N+](=O)[O-])ccc1NC(=O)[C@H](CCCN=C(N)N)NC(=O)[C@@H]1CCCN1C(=O)[C@@H]1CCC(=O)N1. The molecule has 0 radical (unpaired) electrons. The standard InChI is InChI=1S/C23H32N8O7/c1-38-18-12-13(31(36)37)6-7-14(18)28-20(33)15(4-2-10-26-23(24)25)29-21(34)17-5-3-11-30(17)22(35)16-8-9-19(32)27-16/h6-7,12,15-17H,2-5,8-11H2,1H3,(H,27,32)(H,28,33)(H,29,34)(H4,24,25,26)/t15-,16-,17-/m0/s1. The summed E-state index contributed by atoms with van der Waals surface area (Å²) in [5.41, 5.74) is 10.7. The summed E-state index contributed by atoms with van der Waals surface area (Å²) in [7, 11) is 1.31. The number of nitrogens with zero attached hydrogens (tertiary/aromatic N) is 3.